The maximum Gasteiger partial charge on any atom is 0.328 e. The van der Waals surface area contributed by atoms with Crippen molar-refractivity contribution in [1.29, 1.82) is 0 Å². The molecule has 10 heteroatoms. The highest BCUT2D eigenvalue weighted by molar-refractivity contribution is 5.85. The van der Waals surface area contributed by atoms with Crippen LogP contribution in [0.15, 0.2) is 24.3 Å². The van der Waals surface area contributed by atoms with Crippen molar-refractivity contribution in [1.82, 2.24) is 10.6 Å². The molecule has 2 amide bonds. The first-order valence-electron chi connectivity index (χ1n) is 11.4. The van der Waals surface area contributed by atoms with E-state index in [0.717, 1.165) is 0 Å². The van der Waals surface area contributed by atoms with Gasteiger partial charge in [0.05, 0.1) is 12.2 Å². The van der Waals surface area contributed by atoms with Gasteiger partial charge in [-0.15, -0.1) is 0 Å². The minimum absolute atomic E-state index is 0.00799. The van der Waals surface area contributed by atoms with Gasteiger partial charge in [-0.05, 0) is 13.8 Å². The molecule has 10 nitrogen and oxygen atoms in total. The second-order valence-corrected chi connectivity index (χ2v) is 8.37. The number of cyclic esters (lactones) is 2. The first-order chi connectivity index (χ1) is 16.1. The second kappa shape index (κ2) is 15.2. The van der Waals surface area contributed by atoms with Crippen molar-refractivity contribution < 1.29 is 38.1 Å². The van der Waals surface area contributed by atoms with Gasteiger partial charge >= 0.3 is 11.9 Å². The van der Waals surface area contributed by atoms with Gasteiger partial charge in [0.2, 0.25) is 11.8 Å². The Bertz CT molecular complexity index is 689. The summed E-state index contributed by atoms with van der Waals surface area (Å²) < 4.78 is 21.4. The lowest BCUT2D eigenvalue weighted by molar-refractivity contribution is -0.151. The third-order valence-electron chi connectivity index (χ3n) is 5.51. The van der Waals surface area contributed by atoms with Gasteiger partial charge in [-0.3, -0.25) is 9.59 Å². The van der Waals surface area contributed by atoms with Crippen LogP contribution in [0.5, 0.6) is 0 Å². The molecule has 0 saturated carbocycles. The molecule has 0 radical (unpaired) electrons. The third kappa shape index (κ3) is 10.5. The van der Waals surface area contributed by atoms with Gasteiger partial charge in [0.25, 0.3) is 0 Å². The number of amides is 2. The van der Waals surface area contributed by atoms with E-state index in [1.807, 2.05) is 13.8 Å². The Hall–Kier alpha value is -2.72. The van der Waals surface area contributed by atoms with E-state index < -0.39 is 36.2 Å². The van der Waals surface area contributed by atoms with E-state index in [1.165, 1.54) is 14.2 Å². The largest absolute Gasteiger partial charge is 0.461 e. The molecule has 0 aliphatic carbocycles. The Morgan fingerprint density at radius 3 is 1.38 bits per heavy atom. The van der Waals surface area contributed by atoms with Gasteiger partial charge in [0.1, 0.15) is 25.3 Å². The van der Waals surface area contributed by atoms with Crippen LogP contribution in [0.1, 0.15) is 40.5 Å². The van der Waals surface area contributed by atoms with Crippen LogP contribution in [-0.2, 0) is 38.1 Å². The van der Waals surface area contributed by atoms with Gasteiger partial charge in [-0.25, -0.2) is 9.59 Å². The van der Waals surface area contributed by atoms with Gasteiger partial charge in [-0.1, -0.05) is 38.2 Å². The summed E-state index contributed by atoms with van der Waals surface area (Å²) in [4.78, 5) is 48.9. The molecule has 1 rings (SSSR count). The van der Waals surface area contributed by atoms with Crippen molar-refractivity contribution in [2.75, 3.05) is 27.4 Å². The number of methoxy groups -OCH3 is 2. The second-order valence-electron chi connectivity index (χ2n) is 8.37. The first-order valence-corrected chi connectivity index (χ1v) is 11.4. The van der Waals surface area contributed by atoms with Crippen LogP contribution in [0.4, 0.5) is 0 Å². The van der Waals surface area contributed by atoms with Crippen molar-refractivity contribution in [2.24, 2.45) is 11.8 Å². The monoisotopic (exact) mass is 482 g/mol. The molecular formula is C24H38N2O8. The molecule has 0 spiro atoms. The molecule has 2 N–H and O–H groups in total. The average molecular weight is 483 g/mol. The van der Waals surface area contributed by atoms with Gasteiger partial charge < -0.3 is 29.6 Å². The molecule has 0 saturated heterocycles. The molecule has 1 heterocycles. The fourth-order valence-corrected chi connectivity index (χ4v) is 3.19. The number of esters is 2. The minimum atomic E-state index is -0.823. The summed E-state index contributed by atoms with van der Waals surface area (Å²) in [6.07, 6.45) is 6.13. The van der Waals surface area contributed by atoms with E-state index in [2.05, 4.69) is 10.6 Å². The Morgan fingerprint density at radius 1 is 0.706 bits per heavy atom. The Labute approximate surface area is 201 Å². The molecule has 0 fully saturated rings. The molecule has 6 atom stereocenters. The van der Waals surface area contributed by atoms with Crippen LogP contribution in [0.25, 0.3) is 0 Å². The lowest BCUT2D eigenvalue weighted by atomic mass is 10.0. The topological polar surface area (TPSA) is 129 Å². The zero-order valence-electron chi connectivity index (χ0n) is 20.9. The normalized spacial score (nSPS) is 33.2. The van der Waals surface area contributed by atoms with Crippen LogP contribution in [0.3, 0.4) is 0 Å². The number of carbonyl (C=O) groups excluding carboxylic acids is 4. The lowest BCUT2D eigenvalue weighted by Crippen LogP contribution is -2.41. The highest BCUT2D eigenvalue weighted by atomic mass is 16.6. The van der Waals surface area contributed by atoms with Crippen molar-refractivity contribution in [2.45, 2.75) is 64.8 Å². The summed E-state index contributed by atoms with van der Waals surface area (Å²) in [5.74, 6) is -2.12. The molecule has 0 aromatic rings. The van der Waals surface area contributed by atoms with E-state index in [9.17, 15) is 19.2 Å². The van der Waals surface area contributed by atoms with E-state index in [1.54, 1.807) is 38.2 Å². The quantitative estimate of drug-likeness (QED) is 0.445. The number of hydrogen-bond donors (Lipinski definition) is 2. The van der Waals surface area contributed by atoms with Crippen molar-refractivity contribution in [3.8, 4) is 0 Å². The number of nitrogens with one attached hydrogen (secondary N) is 2. The first kappa shape index (κ1) is 29.3. The smallest absolute Gasteiger partial charge is 0.328 e. The molecule has 1 aliphatic heterocycles. The average Bonchev–Trinajstić information content (AvgIpc) is 2.78. The Kier molecular flexibility index (Phi) is 13.1. The maximum atomic E-state index is 12.3. The van der Waals surface area contributed by atoms with Gasteiger partial charge in [-0.2, -0.15) is 0 Å². The molecule has 0 bridgehead atoms. The third-order valence-corrected chi connectivity index (χ3v) is 5.51. The summed E-state index contributed by atoms with van der Waals surface area (Å²) in [5.41, 5.74) is 0. The molecule has 192 valence electrons. The van der Waals surface area contributed by atoms with Crippen LogP contribution in [0, 0.1) is 11.8 Å². The van der Waals surface area contributed by atoms with Crippen LogP contribution >= 0.6 is 0 Å². The summed E-state index contributed by atoms with van der Waals surface area (Å²) in [5, 5.41) is 5.20. The number of rotatable bonds is 2. The summed E-state index contributed by atoms with van der Waals surface area (Å²) in [6.45, 7) is 6.80. The van der Waals surface area contributed by atoms with Gasteiger partial charge in [0.15, 0.2) is 0 Å². The van der Waals surface area contributed by atoms with Gasteiger partial charge in [0, 0.05) is 38.9 Å². The zero-order chi connectivity index (χ0) is 25.7. The highest BCUT2D eigenvalue weighted by Crippen LogP contribution is 2.12. The molecular weight excluding hydrogens is 444 g/mol. The summed E-state index contributed by atoms with van der Waals surface area (Å²) >= 11 is 0. The predicted molar refractivity (Wildman–Crippen MR) is 125 cm³/mol. The molecule has 0 unspecified atom stereocenters. The molecule has 0 aromatic carbocycles. The summed E-state index contributed by atoms with van der Waals surface area (Å²) in [7, 11) is 3.00. The molecule has 1 aliphatic rings. The van der Waals surface area contributed by atoms with Crippen molar-refractivity contribution in [3.63, 3.8) is 0 Å². The van der Waals surface area contributed by atoms with E-state index in [4.69, 9.17) is 18.9 Å². The van der Waals surface area contributed by atoms with Crippen molar-refractivity contribution >= 4 is 23.8 Å². The molecule has 34 heavy (non-hydrogen) atoms. The zero-order valence-corrected chi connectivity index (χ0v) is 20.9. The van der Waals surface area contributed by atoms with Crippen molar-refractivity contribution in [3.05, 3.63) is 24.3 Å². The van der Waals surface area contributed by atoms with E-state index >= 15 is 0 Å². The fourth-order valence-electron chi connectivity index (χ4n) is 3.19. The number of ether oxygens (including phenoxy) is 4. The number of hydrogen-bond acceptors (Lipinski definition) is 8. The Balaban J connectivity index is 2.95. The van der Waals surface area contributed by atoms with Crippen LogP contribution in [0.2, 0.25) is 0 Å². The lowest BCUT2D eigenvalue weighted by Gasteiger charge is -2.22. The fraction of sp³-hybridized carbons (Fsp3) is 0.667. The van der Waals surface area contributed by atoms with E-state index in [-0.39, 0.29) is 49.7 Å². The standard InChI is InChI=1S/C24H38N2O8/c1-15-9-7-11-21(27)25-18(4)24(30)34-14-20(32-6)16(2)10-8-12-22(28)26-17(3)23(29)33-13-19(15)31-5/h7-10,15-20H,11-14H2,1-6H3,(H,25,27)(H,26,28)/b9-7+,10-8+/t15-,16-,17-,18-,19-,20-/m0/s1. The van der Waals surface area contributed by atoms with Crippen LogP contribution in [-0.4, -0.2) is 75.5 Å². The maximum absolute atomic E-state index is 12.3. The number of carbonyl (C=O) groups is 4. The SMILES string of the molecule is CO[C@H]1COC(=O)[C@H](C)NC(=O)C/C=C/[C@H](C)[C@@H](OC)COC(=O)[C@H](C)NC(=O)C/C=C/[C@@H]1C. The summed E-state index contributed by atoms with van der Waals surface area (Å²) in [6, 6.07) is -1.65. The minimum Gasteiger partial charge on any atom is -0.461 e. The van der Waals surface area contributed by atoms with Crippen LogP contribution < -0.4 is 10.6 Å². The van der Waals surface area contributed by atoms with E-state index in [0.29, 0.717) is 0 Å². The predicted octanol–water partition coefficient (Wildman–Crippen LogP) is 1.29. The highest BCUT2D eigenvalue weighted by Gasteiger charge is 2.23. The Morgan fingerprint density at radius 2 is 1.06 bits per heavy atom. The molecule has 0 aromatic heterocycles.